The molecule has 0 aromatic rings. The van der Waals surface area contributed by atoms with E-state index in [0.29, 0.717) is 12.0 Å². The minimum Gasteiger partial charge on any atom is -0.451 e. The molecule has 0 radical (unpaired) electrons. The number of carbonyl (C=O) groups is 2. The van der Waals surface area contributed by atoms with E-state index < -0.39 is 5.60 Å². The Hall–Kier alpha value is -1.38. The third kappa shape index (κ3) is 1.03. The molecule has 0 saturated carbocycles. The summed E-state index contributed by atoms with van der Waals surface area (Å²) in [5, 5.41) is 0. The predicted molar refractivity (Wildman–Crippen MR) is 45.9 cm³/mol. The molecule has 0 amide bonds. The van der Waals surface area contributed by atoms with E-state index in [1.807, 2.05) is 0 Å². The molecule has 0 aromatic carbocycles. The molecule has 0 aromatic heterocycles. The number of carbonyl (C=O) groups excluding carboxylic acids is 2. The van der Waals surface area contributed by atoms with Gasteiger partial charge >= 0.3 is 5.97 Å². The van der Waals surface area contributed by atoms with Gasteiger partial charge in [0.15, 0.2) is 5.78 Å². The lowest BCUT2D eigenvalue weighted by Gasteiger charge is -2.27. The van der Waals surface area contributed by atoms with Gasteiger partial charge in [-0.3, -0.25) is 4.79 Å². The van der Waals surface area contributed by atoms with Crippen molar-refractivity contribution in [3.63, 3.8) is 0 Å². The predicted octanol–water partition coefficient (Wildman–Crippen LogP) is 1.00. The molecule has 0 N–H and O–H groups in total. The third-order valence-corrected chi connectivity index (χ3v) is 2.69. The number of allylic oxidation sites excluding steroid dienone is 1. The van der Waals surface area contributed by atoms with Gasteiger partial charge in [0.2, 0.25) is 0 Å². The molecule has 1 aliphatic heterocycles. The largest absolute Gasteiger partial charge is 0.451 e. The van der Waals surface area contributed by atoms with Gasteiger partial charge < -0.3 is 4.74 Å². The Morgan fingerprint density at radius 1 is 1.62 bits per heavy atom. The van der Waals surface area contributed by atoms with Gasteiger partial charge in [0, 0.05) is 17.9 Å². The van der Waals surface area contributed by atoms with E-state index in [-0.39, 0.29) is 17.7 Å². The van der Waals surface area contributed by atoms with Crippen LogP contribution in [0.4, 0.5) is 0 Å². The van der Waals surface area contributed by atoms with E-state index in [0.717, 1.165) is 0 Å². The lowest BCUT2D eigenvalue weighted by molar-refractivity contribution is -0.143. The van der Waals surface area contributed by atoms with Crippen molar-refractivity contribution in [3.8, 4) is 0 Å². The summed E-state index contributed by atoms with van der Waals surface area (Å²) in [5.74, 6) is -0.522. The van der Waals surface area contributed by atoms with E-state index in [1.54, 1.807) is 13.0 Å². The number of esters is 1. The molecule has 3 heteroatoms. The molecular formula is C10H10O3. The summed E-state index contributed by atoms with van der Waals surface area (Å²) < 4.78 is 5.14. The van der Waals surface area contributed by atoms with Gasteiger partial charge in [-0.15, -0.1) is 0 Å². The Kier molecular flexibility index (Phi) is 1.46. The minimum absolute atomic E-state index is 0.0296. The Morgan fingerprint density at radius 3 is 3.00 bits per heavy atom. The van der Waals surface area contributed by atoms with Gasteiger partial charge in [-0.1, -0.05) is 6.58 Å². The molecule has 0 spiro atoms. The first kappa shape index (κ1) is 8.23. The normalized spacial score (nSPS) is 37.6. The summed E-state index contributed by atoms with van der Waals surface area (Å²) in [5.41, 5.74) is -0.220. The highest BCUT2D eigenvalue weighted by Crippen LogP contribution is 2.41. The summed E-state index contributed by atoms with van der Waals surface area (Å²) in [6, 6.07) is 0. The maximum Gasteiger partial charge on any atom is 0.334 e. The Balaban J connectivity index is 2.43. The van der Waals surface area contributed by atoms with Crippen LogP contribution in [0.5, 0.6) is 0 Å². The van der Waals surface area contributed by atoms with Gasteiger partial charge in [-0.05, 0) is 19.1 Å². The van der Waals surface area contributed by atoms with Crippen molar-refractivity contribution in [2.75, 3.05) is 0 Å². The van der Waals surface area contributed by atoms with Crippen LogP contribution in [0.1, 0.15) is 13.3 Å². The van der Waals surface area contributed by atoms with Crippen LogP contribution in [0, 0.1) is 5.92 Å². The molecule has 3 nitrogen and oxygen atoms in total. The van der Waals surface area contributed by atoms with E-state index in [2.05, 4.69) is 6.58 Å². The minimum atomic E-state index is -0.637. The van der Waals surface area contributed by atoms with Crippen LogP contribution < -0.4 is 0 Å². The summed E-state index contributed by atoms with van der Waals surface area (Å²) in [7, 11) is 0. The van der Waals surface area contributed by atoms with Crippen molar-refractivity contribution in [2.45, 2.75) is 18.9 Å². The van der Waals surface area contributed by atoms with E-state index >= 15 is 0 Å². The summed E-state index contributed by atoms with van der Waals surface area (Å²) >= 11 is 0. The number of fused-ring (bicyclic) bond motifs is 1. The second kappa shape index (κ2) is 2.31. The highest BCUT2D eigenvalue weighted by Gasteiger charge is 2.48. The van der Waals surface area contributed by atoms with E-state index in [9.17, 15) is 9.59 Å². The van der Waals surface area contributed by atoms with Crippen LogP contribution in [-0.2, 0) is 14.3 Å². The van der Waals surface area contributed by atoms with Gasteiger partial charge in [-0.2, -0.15) is 0 Å². The van der Waals surface area contributed by atoms with Crippen molar-refractivity contribution in [1.29, 1.82) is 0 Å². The lowest BCUT2D eigenvalue weighted by Crippen LogP contribution is -2.34. The topological polar surface area (TPSA) is 43.4 Å². The Labute approximate surface area is 76.1 Å². The third-order valence-electron chi connectivity index (χ3n) is 2.69. The summed E-state index contributed by atoms with van der Waals surface area (Å²) in [6.07, 6.45) is 3.46. The SMILES string of the molecule is C=C1C(=O)O[C@@]2(C)C=CC(=O)C[C@@H]12. The fraction of sp³-hybridized carbons (Fsp3) is 0.400. The maximum atomic E-state index is 11.2. The zero-order chi connectivity index (χ0) is 9.64. The van der Waals surface area contributed by atoms with Crippen LogP contribution in [-0.4, -0.2) is 17.4 Å². The van der Waals surface area contributed by atoms with Crippen LogP contribution in [0.2, 0.25) is 0 Å². The molecule has 0 unspecified atom stereocenters. The first-order valence-electron chi connectivity index (χ1n) is 4.17. The standard InChI is InChI=1S/C10H10O3/c1-6-8-5-7(11)3-4-10(8,2)13-9(6)12/h3-4,8H,1,5H2,2H3/t8-,10-/m0/s1. The van der Waals surface area contributed by atoms with E-state index in [4.69, 9.17) is 4.74 Å². The lowest BCUT2D eigenvalue weighted by atomic mass is 9.79. The van der Waals surface area contributed by atoms with Gasteiger partial charge in [0.25, 0.3) is 0 Å². The molecule has 0 bridgehead atoms. The zero-order valence-corrected chi connectivity index (χ0v) is 7.37. The molecule has 2 rings (SSSR count). The monoisotopic (exact) mass is 178 g/mol. The van der Waals surface area contributed by atoms with Gasteiger partial charge in [0.1, 0.15) is 5.60 Å². The molecular weight excluding hydrogens is 168 g/mol. The van der Waals surface area contributed by atoms with Gasteiger partial charge in [-0.25, -0.2) is 4.79 Å². The van der Waals surface area contributed by atoms with Crippen LogP contribution in [0.3, 0.4) is 0 Å². The van der Waals surface area contributed by atoms with E-state index in [1.165, 1.54) is 6.08 Å². The van der Waals surface area contributed by atoms with Gasteiger partial charge in [0.05, 0.1) is 0 Å². The fourth-order valence-electron chi connectivity index (χ4n) is 1.83. The number of ketones is 1. The molecule has 68 valence electrons. The summed E-state index contributed by atoms with van der Waals surface area (Å²) in [6.45, 7) is 5.44. The number of hydrogen-bond acceptors (Lipinski definition) is 3. The van der Waals surface area contributed by atoms with Crippen molar-refractivity contribution in [2.24, 2.45) is 5.92 Å². The first-order valence-corrected chi connectivity index (χ1v) is 4.17. The summed E-state index contributed by atoms with van der Waals surface area (Å²) in [4.78, 5) is 22.3. The fourth-order valence-corrected chi connectivity index (χ4v) is 1.83. The molecule has 2 aliphatic rings. The molecule has 1 aliphatic carbocycles. The molecule has 1 heterocycles. The smallest absolute Gasteiger partial charge is 0.334 e. The average molecular weight is 178 g/mol. The second-order valence-electron chi connectivity index (χ2n) is 3.65. The first-order chi connectivity index (χ1) is 6.03. The zero-order valence-electron chi connectivity index (χ0n) is 7.37. The van der Waals surface area contributed by atoms with Crippen LogP contribution in [0.25, 0.3) is 0 Å². The Morgan fingerprint density at radius 2 is 2.31 bits per heavy atom. The quantitative estimate of drug-likeness (QED) is 0.410. The number of rotatable bonds is 0. The van der Waals surface area contributed by atoms with Crippen molar-refractivity contribution in [1.82, 2.24) is 0 Å². The van der Waals surface area contributed by atoms with Crippen LogP contribution in [0.15, 0.2) is 24.3 Å². The number of ether oxygens (including phenoxy) is 1. The highest BCUT2D eigenvalue weighted by molar-refractivity contribution is 5.97. The highest BCUT2D eigenvalue weighted by atomic mass is 16.6. The molecule has 13 heavy (non-hydrogen) atoms. The van der Waals surface area contributed by atoms with Crippen molar-refractivity contribution in [3.05, 3.63) is 24.3 Å². The molecule has 1 fully saturated rings. The van der Waals surface area contributed by atoms with Crippen molar-refractivity contribution >= 4 is 11.8 Å². The van der Waals surface area contributed by atoms with Crippen molar-refractivity contribution < 1.29 is 14.3 Å². The average Bonchev–Trinajstić information content (AvgIpc) is 2.28. The maximum absolute atomic E-state index is 11.2. The second-order valence-corrected chi connectivity index (χ2v) is 3.65. The molecule has 2 atom stereocenters. The van der Waals surface area contributed by atoms with Crippen LogP contribution >= 0.6 is 0 Å². The Bertz CT molecular complexity index is 340. The number of hydrogen-bond donors (Lipinski definition) is 0. The molecule has 1 saturated heterocycles.